The summed E-state index contributed by atoms with van der Waals surface area (Å²) in [5.74, 6) is -0.860. The quantitative estimate of drug-likeness (QED) is 0.901. The molecule has 0 saturated heterocycles. The van der Waals surface area contributed by atoms with Crippen LogP contribution in [0.15, 0.2) is 41.0 Å². The Morgan fingerprint density at radius 2 is 1.95 bits per heavy atom. The Morgan fingerprint density at radius 3 is 2.58 bits per heavy atom. The molecule has 0 aliphatic heterocycles. The Bertz CT molecular complexity index is 562. The van der Waals surface area contributed by atoms with Gasteiger partial charge < -0.3 is 9.52 Å². The number of rotatable bonds is 5. The van der Waals surface area contributed by atoms with Crippen LogP contribution in [-0.2, 0) is 13.1 Å². The summed E-state index contributed by atoms with van der Waals surface area (Å²) >= 11 is 0. The minimum atomic E-state index is -1.00. The first-order chi connectivity index (χ1) is 9.06. The second-order valence-corrected chi connectivity index (χ2v) is 4.36. The van der Waals surface area contributed by atoms with E-state index in [1.807, 2.05) is 11.9 Å². The molecule has 1 N–H and O–H groups in total. The normalized spacial score (nSPS) is 10.9. The van der Waals surface area contributed by atoms with E-state index in [0.717, 1.165) is 5.56 Å². The number of carboxylic acids is 1. The minimum Gasteiger partial charge on any atom is -0.478 e. The van der Waals surface area contributed by atoms with Crippen LogP contribution in [0.5, 0.6) is 0 Å². The third-order valence-electron chi connectivity index (χ3n) is 2.76. The van der Waals surface area contributed by atoms with E-state index in [2.05, 4.69) is 0 Å². The van der Waals surface area contributed by atoms with Gasteiger partial charge in [0.05, 0.1) is 12.8 Å². The van der Waals surface area contributed by atoms with Crippen molar-refractivity contribution in [3.63, 3.8) is 0 Å². The van der Waals surface area contributed by atoms with Gasteiger partial charge in [-0.25, -0.2) is 9.18 Å². The highest BCUT2D eigenvalue weighted by Gasteiger charge is 2.14. The highest BCUT2D eigenvalue weighted by atomic mass is 19.1. The maximum Gasteiger partial charge on any atom is 0.339 e. The molecule has 0 bridgehead atoms. The molecule has 0 saturated carbocycles. The zero-order chi connectivity index (χ0) is 13.8. The number of hydrogen-bond acceptors (Lipinski definition) is 3. The van der Waals surface area contributed by atoms with Gasteiger partial charge in [-0.1, -0.05) is 12.1 Å². The average molecular weight is 263 g/mol. The zero-order valence-corrected chi connectivity index (χ0v) is 10.5. The Hall–Kier alpha value is -2.14. The van der Waals surface area contributed by atoms with Crippen molar-refractivity contribution >= 4 is 5.97 Å². The molecule has 0 radical (unpaired) electrons. The summed E-state index contributed by atoms with van der Waals surface area (Å²) in [6.07, 6.45) is 1.37. The summed E-state index contributed by atoms with van der Waals surface area (Å²) in [6, 6.07) is 7.64. The third-order valence-corrected chi connectivity index (χ3v) is 2.76. The second-order valence-electron chi connectivity index (χ2n) is 4.36. The molecule has 0 spiro atoms. The average Bonchev–Trinajstić information content (AvgIpc) is 2.80. The predicted octanol–water partition coefficient (Wildman–Crippen LogP) is 2.75. The van der Waals surface area contributed by atoms with Gasteiger partial charge in [-0.15, -0.1) is 0 Å². The standard InChI is InChI=1S/C14H14FNO3/c1-16(8-10-2-4-11(15)5-3-10)9-13-12(14(17)18)6-7-19-13/h2-7H,8-9H2,1H3,(H,17,18). The molecule has 0 fully saturated rings. The summed E-state index contributed by atoms with van der Waals surface area (Å²) in [5, 5.41) is 8.97. The van der Waals surface area contributed by atoms with E-state index in [9.17, 15) is 9.18 Å². The number of aromatic carboxylic acids is 1. The summed E-state index contributed by atoms with van der Waals surface area (Å²) in [7, 11) is 1.84. The van der Waals surface area contributed by atoms with Gasteiger partial charge in [0, 0.05) is 6.54 Å². The van der Waals surface area contributed by atoms with E-state index in [1.165, 1.54) is 24.5 Å². The van der Waals surface area contributed by atoms with Crippen LogP contribution >= 0.6 is 0 Å². The minimum absolute atomic E-state index is 0.172. The third kappa shape index (κ3) is 3.42. The fraction of sp³-hybridized carbons (Fsp3) is 0.214. The first-order valence-corrected chi connectivity index (χ1v) is 5.79. The van der Waals surface area contributed by atoms with E-state index in [-0.39, 0.29) is 11.4 Å². The lowest BCUT2D eigenvalue weighted by Gasteiger charge is -2.15. The van der Waals surface area contributed by atoms with Gasteiger partial charge in [-0.2, -0.15) is 0 Å². The monoisotopic (exact) mass is 263 g/mol. The number of hydrogen-bond donors (Lipinski definition) is 1. The number of halogens is 1. The second kappa shape index (κ2) is 5.67. The summed E-state index contributed by atoms with van der Waals surface area (Å²) in [4.78, 5) is 12.8. The molecule has 1 aromatic heterocycles. The van der Waals surface area contributed by atoms with Crippen molar-refractivity contribution in [1.82, 2.24) is 4.90 Å². The smallest absolute Gasteiger partial charge is 0.339 e. The predicted molar refractivity (Wildman–Crippen MR) is 67.2 cm³/mol. The van der Waals surface area contributed by atoms with Crippen LogP contribution in [0, 0.1) is 5.82 Å². The first-order valence-electron chi connectivity index (χ1n) is 5.79. The highest BCUT2D eigenvalue weighted by Crippen LogP contribution is 2.14. The lowest BCUT2D eigenvalue weighted by molar-refractivity contribution is 0.0693. The maximum absolute atomic E-state index is 12.8. The Labute approximate surface area is 110 Å². The molecule has 19 heavy (non-hydrogen) atoms. The lowest BCUT2D eigenvalue weighted by Crippen LogP contribution is -2.18. The molecule has 100 valence electrons. The summed E-state index contributed by atoms with van der Waals surface area (Å²) in [5.41, 5.74) is 1.12. The van der Waals surface area contributed by atoms with Crippen molar-refractivity contribution in [2.45, 2.75) is 13.1 Å². The van der Waals surface area contributed by atoms with E-state index in [1.54, 1.807) is 12.1 Å². The molecule has 0 amide bonds. The fourth-order valence-corrected chi connectivity index (χ4v) is 1.86. The van der Waals surface area contributed by atoms with Crippen LogP contribution in [0.4, 0.5) is 4.39 Å². The Kier molecular flexibility index (Phi) is 3.97. The topological polar surface area (TPSA) is 53.7 Å². The maximum atomic E-state index is 12.8. The van der Waals surface area contributed by atoms with E-state index in [0.29, 0.717) is 18.8 Å². The van der Waals surface area contributed by atoms with Crippen LogP contribution in [0.25, 0.3) is 0 Å². The molecule has 1 aromatic carbocycles. The number of carbonyl (C=O) groups is 1. The molecule has 4 nitrogen and oxygen atoms in total. The Morgan fingerprint density at radius 1 is 1.26 bits per heavy atom. The largest absolute Gasteiger partial charge is 0.478 e. The van der Waals surface area contributed by atoms with Gasteiger partial charge in [0.1, 0.15) is 17.1 Å². The van der Waals surface area contributed by atoms with Crippen LogP contribution in [0.1, 0.15) is 21.7 Å². The van der Waals surface area contributed by atoms with Gasteiger partial charge in [0.2, 0.25) is 0 Å². The number of nitrogens with zero attached hydrogens (tertiary/aromatic N) is 1. The Balaban J connectivity index is 2.01. The van der Waals surface area contributed by atoms with Crippen molar-refractivity contribution in [3.05, 3.63) is 59.3 Å². The SMILES string of the molecule is CN(Cc1ccc(F)cc1)Cc1occc1C(=O)O. The van der Waals surface area contributed by atoms with E-state index >= 15 is 0 Å². The van der Waals surface area contributed by atoms with Crippen LogP contribution in [-0.4, -0.2) is 23.0 Å². The number of furan rings is 1. The summed E-state index contributed by atoms with van der Waals surface area (Å²) < 4.78 is 17.9. The van der Waals surface area contributed by atoms with Crippen LogP contribution in [0.2, 0.25) is 0 Å². The molecular formula is C14H14FNO3. The molecule has 0 aliphatic rings. The van der Waals surface area contributed by atoms with Gasteiger partial charge >= 0.3 is 5.97 Å². The molecule has 2 rings (SSSR count). The fourth-order valence-electron chi connectivity index (χ4n) is 1.86. The highest BCUT2D eigenvalue weighted by molar-refractivity contribution is 5.88. The van der Waals surface area contributed by atoms with Crippen molar-refractivity contribution in [2.24, 2.45) is 0 Å². The van der Waals surface area contributed by atoms with E-state index in [4.69, 9.17) is 9.52 Å². The number of carboxylic acid groups (broad SMARTS) is 1. The molecule has 0 aliphatic carbocycles. The summed E-state index contributed by atoms with van der Waals surface area (Å²) in [6.45, 7) is 0.964. The van der Waals surface area contributed by atoms with Crippen molar-refractivity contribution in [2.75, 3.05) is 7.05 Å². The van der Waals surface area contributed by atoms with Gasteiger partial charge in [0.15, 0.2) is 0 Å². The van der Waals surface area contributed by atoms with Gasteiger partial charge in [-0.3, -0.25) is 4.90 Å². The number of benzene rings is 1. The van der Waals surface area contributed by atoms with Crippen LogP contribution in [0.3, 0.4) is 0 Å². The van der Waals surface area contributed by atoms with Gasteiger partial charge in [-0.05, 0) is 30.8 Å². The van der Waals surface area contributed by atoms with Crippen molar-refractivity contribution in [3.8, 4) is 0 Å². The van der Waals surface area contributed by atoms with Crippen molar-refractivity contribution in [1.29, 1.82) is 0 Å². The molecule has 0 unspecified atom stereocenters. The van der Waals surface area contributed by atoms with Gasteiger partial charge in [0.25, 0.3) is 0 Å². The first kappa shape index (κ1) is 13.3. The molecule has 2 aromatic rings. The molecular weight excluding hydrogens is 249 g/mol. The zero-order valence-electron chi connectivity index (χ0n) is 10.5. The van der Waals surface area contributed by atoms with E-state index < -0.39 is 5.97 Å². The van der Waals surface area contributed by atoms with Crippen molar-refractivity contribution < 1.29 is 18.7 Å². The molecule has 5 heteroatoms. The van der Waals surface area contributed by atoms with Crippen LogP contribution < -0.4 is 0 Å². The molecule has 1 heterocycles. The molecule has 0 atom stereocenters. The lowest BCUT2D eigenvalue weighted by atomic mass is 10.2.